The van der Waals surface area contributed by atoms with Gasteiger partial charge in [-0.15, -0.1) is 0 Å². The summed E-state index contributed by atoms with van der Waals surface area (Å²) in [4.78, 5) is 14.6. The first-order valence-corrected chi connectivity index (χ1v) is 11.7. The van der Waals surface area contributed by atoms with Crippen molar-refractivity contribution in [3.05, 3.63) is 59.3 Å². The number of nitrogens with one attached hydrogen (secondary N) is 3. The van der Waals surface area contributed by atoms with Gasteiger partial charge >= 0.3 is 5.82 Å². The van der Waals surface area contributed by atoms with Crippen LogP contribution in [0.3, 0.4) is 0 Å². The molecule has 0 spiro atoms. The quantitative estimate of drug-likeness (QED) is 0.308. The summed E-state index contributed by atoms with van der Waals surface area (Å²) in [6.45, 7) is 0. The van der Waals surface area contributed by atoms with E-state index in [9.17, 15) is 15.1 Å². The van der Waals surface area contributed by atoms with Gasteiger partial charge in [0, 0.05) is 30.0 Å². The van der Waals surface area contributed by atoms with E-state index in [0.29, 0.717) is 28.8 Å². The number of amides is 1. The minimum absolute atomic E-state index is 0.0669. The third kappa shape index (κ3) is 4.94. The second-order valence-electron chi connectivity index (χ2n) is 9.53. The van der Waals surface area contributed by atoms with Crippen LogP contribution < -0.4 is 20.3 Å². The molecule has 3 aliphatic carbocycles. The first-order chi connectivity index (χ1) is 16.2. The van der Waals surface area contributed by atoms with Gasteiger partial charge in [0.2, 0.25) is 5.69 Å². The largest absolute Gasteiger partial charge is 0.494 e. The second kappa shape index (κ2) is 9.50. The molecule has 9 heteroatoms. The van der Waals surface area contributed by atoms with E-state index in [4.69, 9.17) is 10.1 Å². The maximum Gasteiger partial charge on any atom is 0.316 e. The van der Waals surface area contributed by atoms with Crippen LogP contribution in [0.1, 0.15) is 49.0 Å². The molecule has 1 amide bonds. The molecule has 0 atom stereocenters. The molecule has 0 saturated heterocycles. The molecule has 5 N–H and O–H groups in total. The molecular formula is C25H34N5O4+. The smallest absolute Gasteiger partial charge is 0.316 e. The van der Waals surface area contributed by atoms with Crippen molar-refractivity contribution in [3.63, 3.8) is 0 Å². The summed E-state index contributed by atoms with van der Waals surface area (Å²) < 4.78 is 6.22. The van der Waals surface area contributed by atoms with Gasteiger partial charge in [0.25, 0.3) is 5.91 Å². The molecule has 2 saturated carbocycles. The van der Waals surface area contributed by atoms with Crippen LogP contribution in [-0.4, -0.2) is 54.8 Å². The van der Waals surface area contributed by atoms with Gasteiger partial charge in [-0.1, -0.05) is 0 Å². The van der Waals surface area contributed by atoms with Gasteiger partial charge in [-0.25, -0.2) is 0 Å². The van der Waals surface area contributed by atoms with Gasteiger partial charge in [-0.05, 0) is 67.4 Å². The Hall–Kier alpha value is -3.33. The molecule has 1 aromatic heterocycles. The molecule has 0 unspecified atom stereocenters. The van der Waals surface area contributed by atoms with Crippen molar-refractivity contribution in [1.29, 1.82) is 5.41 Å². The zero-order valence-electron chi connectivity index (χ0n) is 20.0. The van der Waals surface area contributed by atoms with Crippen LogP contribution >= 0.6 is 0 Å². The summed E-state index contributed by atoms with van der Waals surface area (Å²) in [6.07, 6.45) is 10.7. The Kier molecular flexibility index (Phi) is 6.65. The molecule has 4 rings (SSSR count). The van der Waals surface area contributed by atoms with E-state index in [-0.39, 0.29) is 17.4 Å². The predicted molar refractivity (Wildman–Crippen MR) is 128 cm³/mol. The van der Waals surface area contributed by atoms with Crippen LogP contribution in [0.5, 0.6) is 0 Å². The van der Waals surface area contributed by atoms with E-state index in [1.54, 1.807) is 49.5 Å². The normalized spacial score (nSPS) is 25.9. The highest BCUT2D eigenvalue weighted by Crippen LogP contribution is 2.47. The van der Waals surface area contributed by atoms with Gasteiger partial charge in [-0.2, -0.15) is 0 Å². The number of aliphatic hydroxyl groups is 1. The third-order valence-corrected chi connectivity index (χ3v) is 6.92. The number of aromatic nitrogens is 1. The van der Waals surface area contributed by atoms with E-state index < -0.39 is 11.5 Å². The van der Waals surface area contributed by atoms with E-state index in [0.717, 1.165) is 43.3 Å². The fraction of sp³-hybridized carbons (Fsp3) is 0.480. The van der Waals surface area contributed by atoms with Crippen molar-refractivity contribution in [1.82, 2.24) is 10.6 Å². The molecule has 1 heterocycles. The third-order valence-electron chi connectivity index (χ3n) is 6.92. The van der Waals surface area contributed by atoms with Crippen molar-refractivity contribution >= 4 is 17.4 Å². The predicted octanol–water partition coefficient (Wildman–Crippen LogP) is 2.01. The number of methoxy groups -OCH3 is 1. The highest BCUT2D eigenvalue weighted by atomic mass is 16.5. The van der Waals surface area contributed by atoms with Crippen LogP contribution in [-0.2, 0) is 4.74 Å². The number of carbonyl (C=O) groups excluding carboxylic acids is 1. The van der Waals surface area contributed by atoms with E-state index in [1.165, 1.54) is 13.2 Å². The fourth-order valence-corrected chi connectivity index (χ4v) is 4.69. The Morgan fingerprint density at radius 1 is 1.24 bits per heavy atom. The molecule has 34 heavy (non-hydrogen) atoms. The monoisotopic (exact) mass is 468 g/mol. The van der Waals surface area contributed by atoms with Crippen LogP contribution in [0, 0.1) is 11.3 Å². The number of hydrogen-bond acceptors (Lipinski definition) is 7. The first kappa shape index (κ1) is 23.8. The van der Waals surface area contributed by atoms with Crippen LogP contribution in [0.4, 0.5) is 5.82 Å². The standard InChI is InChI=1S/C25H33N5O4/c1-29(2)23-6-4-5-21(30(23)33)24(31)28-20-13-16(19(26)14-22(20)34-3)15-27-18-9-11-25(32,12-10-18)17-7-8-17/h4-6,13-15,17-18,26,31-33H,7-12H2,1-3H3/p+1/t18-,25-. The number of nitrogens with zero attached hydrogens (tertiary/aromatic N) is 2. The topological polar surface area (TPSA) is 122 Å². The summed E-state index contributed by atoms with van der Waals surface area (Å²) in [6, 6.07) is 5.15. The number of rotatable bonds is 7. The summed E-state index contributed by atoms with van der Waals surface area (Å²) in [5.41, 5.74) is 0.845. The summed E-state index contributed by atoms with van der Waals surface area (Å²) >= 11 is 0. The van der Waals surface area contributed by atoms with E-state index in [1.807, 2.05) is 0 Å². The number of carbonyl (C=O) groups is 1. The van der Waals surface area contributed by atoms with Crippen LogP contribution in [0.15, 0.2) is 53.6 Å². The number of hydrogen-bond donors (Lipinski definition) is 5. The molecule has 2 fully saturated rings. The Bertz CT molecular complexity index is 1060. The lowest BCUT2D eigenvalue weighted by molar-refractivity contribution is -0.895. The molecule has 0 radical (unpaired) electrons. The van der Waals surface area contributed by atoms with Crippen molar-refractivity contribution in [3.8, 4) is 0 Å². The highest BCUT2D eigenvalue weighted by molar-refractivity contribution is 6.10. The minimum Gasteiger partial charge on any atom is -0.494 e. The van der Waals surface area contributed by atoms with Crippen LogP contribution in [0.25, 0.3) is 0 Å². The second-order valence-corrected chi connectivity index (χ2v) is 9.53. The highest BCUT2D eigenvalue weighted by Gasteiger charge is 2.45. The van der Waals surface area contributed by atoms with Gasteiger partial charge < -0.3 is 31.1 Å². The fourth-order valence-electron chi connectivity index (χ4n) is 4.69. The molecule has 9 nitrogen and oxygen atoms in total. The first-order valence-electron chi connectivity index (χ1n) is 11.7. The van der Waals surface area contributed by atoms with Crippen molar-refractivity contribution in [2.45, 2.75) is 50.2 Å². The average Bonchev–Trinajstić information content (AvgIpc) is 3.66. The Morgan fingerprint density at radius 3 is 2.56 bits per heavy atom. The molecule has 1 aromatic rings. The van der Waals surface area contributed by atoms with Crippen LogP contribution in [0.2, 0.25) is 0 Å². The Labute approximate surface area is 199 Å². The number of allylic oxidation sites excluding steroid dienone is 3. The molecule has 3 aliphatic rings. The maximum absolute atomic E-state index is 12.9. The SMILES string of the molecule is COC1=CC(=N)/C(=C\N[C@H]2CC[C@@](O)(C3CC3)CC2)C=C1NC(=O)c1cccc(N(C)C)[n+]1O. The zero-order valence-corrected chi connectivity index (χ0v) is 20.0. The van der Waals surface area contributed by atoms with Gasteiger partial charge in [-0.3, -0.25) is 9.69 Å². The van der Waals surface area contributed by atoms with E-state index in [2.05, 4.69) is 10.6 Å². The Morgan fingerprint density at radius 2 is 1.94 bits per heavy atom. The summed E-state index contributed by atoms with van der Waals surface area (Å²) in [5.74, 6) is 0.783. The van der Waals surface area contributed by atoms with Crippen molar-refractivity contribution in [2.24, 2.45) is 5.92 Å². The molecular weight excluding hydrogens is 434 g/mol. The lowest BCUT2D eigenvalue weighted by Gasteiger charge is -2.36. The molecule has 0 aliphatic heterocycles. The van der Waals surface area contributed by atoms with Gasteiger partial charge in [0.05, 0.1) is 38.2 Å². The molecule has 182 valence electrons. The molecule has 0 aromatic carbocycles. The number of anilines is 1. The Balaban J connectivity index is 1.47. The van der Waals surface area contributed by atoms with Gasteiger partial charge in [0.1, 0.15) is 5.76 Å². The maximum atomic E-state index is 12.9. The summed E-state index contributed by atoms with van der Waals surface area (Å²) in [5, 5.41) is 35.8. The zero-order chi connectivity index (χ0) is 24.5. The van der Waals surface area contributed by atoms with E-state index >= 15 is 0 Å². The summed E-state index contributed by atoms with van der Waals surface area (Å²) in [7, 11) is 5.02. The lowest BCUT2D eigenvalue weighted by Crippen LogP contribution is -2.45. The lowest BCUT2D eigenvalue weighted by atomic mass is 9.79. The molecule has 0 bridgehead atoms. The van der Waals surface area contributed by atoms with Crippen molar-refractivity contribution < 1.29 is 24.6 Å². The minimum atomic E-state index is -0.507. The van der Waals surface area contributed by atoms with Gasteiger partial charge in [0.15, 0.2) is 0 Å². The van der Waals surface area contributed by atoms with Crippen molar-refractivity contribution in [2.75, 3.05) is 26.1 Å². The number of ether oxygens (including phenoxy) is 1. The average molecular weight is 469 g/mol. The number of pyridine rings is 1.